The number of rotatable bonds is 5. The number of ether oxygens (including phenoxy) is 1. The van der Waals surface area contributed by atoms with E-state index in [-0.39, 0.29) is 5.33 Å². The molecule has 0 amide bonds. The van der Waals surface area contributed by atoms with E-state index in [1.54, 1.807) is 0 Å². The van der Waals surface area contributed by atoms with Gasteiger partial charge in [0.15, 0.2) is 0 Å². The molecule has 0 saturated heterocycles. The van der Waals surface area contributed by atoms with Crippen LogP contribution in [0.5, 0.6) is 5.75 Å². The zero-order chi connectivity index (χ0) is 14.6. The molecule has 2 nitrogen and oxygen atoms in total. The predicted molar refractivity (Wildman–Crippen MR) is 60.6 cm³/mol. The average Bonchev–Trinajstić information content (AvgIpc) is 2.28. The first kappa shape index (κ1) is 15.9. The Hall–Kier alpha value is -1.18. The summed E-state index contributed by atoms with van der Waals surface area (Å²) in [5.74, 6) is -1.31. The summed E-state index contributed by atoms with van der Waals surface area (Å²) in [6.45, 7) is 0. The lowest BCUT2D eigenvalue weighted by molar-refractivity contribution is -0.275. The molecule has 19 heavy (non-hydrogen) atoms. The number of halogens is 6. The van der Waals surface area contributed by atoms with Gasteiger partial charge in [0.1, 0.15) is 11.5 Å². The molecular weight excluding hydrogens is 339 g/mol. The minimum atomic E-state index is -5.01. The summed E-state index contributed by atoms with van der Waals surface area (Å²) >= 11 is 2.82. The highest BCUT2D eigenvalue weighted by Crippen LogP contribution is 2.33. The summed E-state index contributed by atoms with van der Waals surface area (Å²) in [4.78, 5) is 11.2. The predicted octanol–water partition coefficient (Wildman–Crippen LogP) is 4.03. The number of hydrogen-bond donors (Lipinski definition) is 0. The Kier molecular flexibility index (Phi) is 5.28. The highest BCUT2D eigenvalue weighted by Gasteiger charge is 2.33. The number of carbonyl (C=O) groups excluding carboxylic acids is 1. The standard InChI is InChI=1S/C11H8BrF5O2/c12-5-6(18)4-8-7(10(13)14)2-1-3-9(8)19-11(15,16)17/h1-3,10H,4-5H2. The number of alkyl halides is 6. The zero-order valence-corrected chi connectivity index (χ0v) is 10.9. The molecule has 0 aromatic heterocycles. The van der Waals surface area contributed by atoms with Crippen molar-refractivity contribution in [2.24, 2.45) is 0 Å². The Bertz CT molecular complexity index is 459. The number of Topliss-reactive ketones (excluding diaryl/α,β-unsaturated/α-hetero) is 1. The van der Waals surface area contributed by atoms with Gasteiger partial charge in [-0.1, -0.05) is 28.1 Å². The summed E-state index contributed by atoms with van der Waals surface area (Å²) in [6, 6.07) is 2.88. The quantitative estimate of drug-likeness (QED) is 0.594. The Labute approximate surface area is 113 Å². The van der Waals surface area contributed by atoms with E-state index in [4.69, 9.17) is 0 Å². The van der Waals surface area contributed by atoms with Crippen LogP contribution in [0.4, 0.5) is 22.0 Å². The number of benzene rings is 1. The second-order valence-electron chi connectivity index (χ2n) is 3.52. The molecule has 0 aliphatic carbocycles. The van der Waals surface area contributed by atoms with Gasteiger partial charge in [0, 0.05) is 17.5 Å². The monoisotopic (exact) mass is 346 g/mol. The van der Waals surface area contributed by atoms with Gasteiger partial charge in [0.05, 0.1) is 5.33 Å². The van der Waals surface area contributed by atoms with E-state index in [0.29, 0.717) is 0 Å². The third-order valence-electron chi connectivity index (χ3n) is 2.15. The van der Waals surface area contributed by atoms with E-state index in [0.717, 1.165) is 18.2 Å². The van der Waals surface area contributed by atoms with Crippen molar-refractivity contribution in [2.75, 3.05) is 5.33 Å². The third-order valence-corrected chi connectivity index (χ3v) is 2.78. The summed E-state index contributed by atoms with van der Waals surface area (Å²) in [5, 5.41) is -0.143. The van der Waals surface area contributed by atoms with Crippen LogP contribution in [0.2, 0.25) is 0 Å². The first-order chi connectivity index (χ1) is 8.74. The zero-order valence-electron chi connectivity index (χ0n) is 9.31. The maximum Gasteiger partial charge on any atom is 0.573 e. The number of carbonyl (C=O) groups is 1. The molecule has 0 atom stereocenters. The molecule has 0 bridgehead atoms. The van der Waals surface area contributed by atoms with Gasteiger partial charge in [-0.25, -0.2) is 8.78 Å². The summed E-state index contributed by atoms with van der Waals surface area (Å²) in [6.07, 6.45) is -8.56. The van der Waals surface area contributed by atoms with Crippen molar-refractivity contribution in [2.45, 2.75) is 19.2 Å². The third kappa shape index (κ3) is 4.77. The summed E-state index contributed by atoms with van der Waals surface area (Å²) in [7, 11) is 0. The van der Waals surface area contributed by atoms with Gasteiger partial charge in [-0.15, -0.1) is 13.2 Å². The van der Waals surface area contributed by atoms with Gasteiger partial charge in [-0.05, 0) is 6.07 Å². The van der Waals surface area contributed by atoms with Crippen molar-refractivity contribution in [1.29, 1.82) is 0 Å². The first-order valence-electron chi connectivity index (χ1n) is 4.98. The second-order valence-corrected chi connectivity index (χ2v) is 4.08. The fourth-order valence-electron chi connectivity index (χ4n) is 1.44. The molecule has 0 saturated carbocycles. The Morgan fingerprint density at radius 1 is 1.32 bits per heavy atom. The Morgan fingerprint density at radius 2 is 1.95 bits per heavy atom. The molecule has 0 N–H and O–H groups in total. The van der Waals surface area contributed by atoms with E-state index in [9.17, 15) is 26.7 Å². The minimum absolute atomic E-state index is 0.143. The van der Waals surface area contributed by atoms with Crippen LogP contribution < -0.4 is 4.74 Å². The SMILES string of the molecule is O=C(CBr)Cc1c(OC(F)(F)F)cccc1C(F)F. The Balaban J connectivity index is 3.21. The van der Waals surface area contributed by atoms with Gasteiger partial charge in [0.2, 0.25) is 0 Å². The van der Waals surface area contributed by atoms with Gasteiger partial charge in [0.25, 0.3) is 6.43 Å². The van der Waals surface area contributed by atoms with Crippen LogP contribution >= 0.6 is 15.9 Å². The average molecular weight is 347 g/mol. The number of hydrogen-bond acceptors (Lipinski definition) is 2. The van der Waals surface area contributed by atoms with Gasteiger partial charge in [-0.2, -0.15) is 0 Å². The molecule has 0 radical (unpaired) electrons. The number of ketones is 1. The highest BCUT2D eigenvalue weighted by atomic mass is 79.9. The van der Waals surface area contributed by atoms with Crippen LogP contribution in [-0.4, -0.2) is 17.5 Å². The van der Waals surface area contributed by atoms with Crippen molar-refractivity contribution in [3.63, 3.8) is 0 Å². The molecule has 1 aromatic rings. The van der Waals surface area contributed by atoms with Crippen LogP contribution in [0.1, 0.15) is 17.6 Å². The topological polar surface area (TPSA) is 26.3 Å². The maximum atomic E-state index is 12.7. The van der Waals surface area contributed by atoms with Crippen LogP contribution in [0, 0.1) is 0 Å². The van der Waals surface area contributed by atoms with E-state index >= 15 is 0 Å². The van der Waals surface area contributed by atoms with Gasteiger partial charge in [-0.3, -0.25) is 4.79 Å². The fourth-order valence-corrected chi connectivity index (χ4v) is 1.64. The van der Waals surface area contributed by atoms with E-state index in [1.807, 2.05) is 0 Å². The fraction of sp³-hybridized carbons (Fsp3) is 0.364. The lowest BCUT2D eigenvalue weighted by Crippen LogP contribution is -2.19. The normalized spacial score (nSPS) is 11.7. The van der Waals surface area contributed by atoms with Gasteiger partial charge >= 0.3 is 6.36 Å². The lowest BCUT2D eigenvalue weighted by atomic mass is 10.0. The van der Waals surface area contributed by atoms with Crippen molar-refractivity contribution in [3.8, 4) is 5.75 Å². The molecular formula is C11H8BrF5O2. The van der Waals surface area contributed by atoms with Crippen molar-refractivity contribution >= 4 is 21.7 Å². The highest BCUT2D eigenvalue weighted by molar-refractivity contribution is 9.09. The molecule has 0 heterocycles. The molecule has 1 rings (SSSR count). The molecule has 0 spiro atoms. The van der Waals surface area contributed by atoms with Crippen LogP contribution in [-0.2, 0) is 11.2 Å². The molecule has 1 aromatic carbocycles. The van der Waals surface area contributed by atoms with Crippen molar-refractivity contribution in [1.82, 2.24) is 0 Å². The minimum Gasteiger partial charge on any atom is -0.405 e. The second kappa shape index (κ2) is 6.31. The molecule has 106 valence electrons. The lowest BCUT2D eigenvalue weighted by Gasteiger charge is -2.15. The van der Waals surface area contributed by atoms with Crippen LogP contribution in [0.25, 0.3) is 0 Å². The molecule has 0 aliphatic heterocycles. The van der Waals surface area contributed by atoms with Crippen LogP contribution in [0.15, 0.2) is 18.2 Å². The molecule has 0 aliphatic rings. The summed E-state index contributed by atoms with van der Waals surface area (Å²) < 4.78 is 65.6. The summed E-state index contributed by atoms with van der Waals surface area (Å²) in [5.41, 5.74) is -1.09. The largest absolute Gasteiger partial charge is 0.573 e. The first-order valence-corrected chi connectivity index (χ1v) is 6.10. The van der Waals surface area contributed by atoms with Crippen LogP contribution in [0.3, 0.4) is 0 Å². The molecule has 0 unspecified atom stereocenters. The van der Waals surface area contributed by atoms with E-state index in [1.165, 1.54) is 0 Å². The molecule has 8 heteroatoms. The maximum absolute atomic E-state index is 12.7. The van der Waals surface area contributed by atoms with Crippen molar-refractivity contribution < 1.29 is 31.5 Å². The molecule has 0 fully saturated rings. The Morgan fingerprint density at radius 3 is 2.42 bits per heavy atom. The van der Waals surface area contributed by atoms with Crippen molar-refractivity contribution in [3.05, 3.63) is 29.3 Å². The smallest absolute Gasteiger partial charge is 0.405 e. The van der Waals surface area contributed by atoms with E-state index < -0.39 is 41.9 Å². The van der Waals surface area contributed by atoms with Gasteiger partial charge < -0.3 is 4.74 Å². The van der Waals surface area contributed by atoms with E-state index in [2.05, 4.69) is 20.7 Å².